The van der Waals surface area contributed by atoms with Crippen LogP contribution in [0.4, 0.5) is 14.5 Å². The summed E-state index contributed by atoms with van der Waals surface area (Å²) in [5.74, 6) is -3.02. The van der Waals surface area contributed by atoms with Crippen LogP contribution in [0.15, 0.2) is 18.2 Å². The Balaban J connectivity index is 3.09. The van der Waals surface area contributed by atoms with E-state index in [0.717, 1.165) is 0 Å². The van der Waals surface area contributed by atoms with Crippen molar-refractivity contribution in [2.45, 2.75) is 25.3 Å². The van der Waals surface area contributed by atoms with Crippen molar-refractivity contribution in [1.29, 1.82) is 0 Å². The largest absolute Gasteiger partial charge is 0.398 e. The third-order valence-electron chi connectivity index (χ3n) is 2.24. The molecular formula is C11H15F2N2. The molecule has 1 radical (unpaired) electrons. The fourth-order valence-electron chi connectivity index (χ4n) is 1.44. The van der Waals surface area contributed by atoms with Crippen LogP contribution >= 0.6 is 0 Å². The molecule has 0 saturated heterocycles. The first kappa shape index (κ1) is 11.9. The Labute approximate surface area is 88.3 Å². The summed E-state index contributed by atoms with van der Waals surface area (Å²) in [5.41, 5.74) is 11.5. The molecule has 0 aliphatic carbocycles. The van der Waals surface area contributed by atoms with Gasteiger partial charge in [0.15, 0.2) is 0 Å². The highest BCUT2D eigenvalue weighted by molar-refractivity contribution is 5.55. The summed E-state index contributed by atoms with van der Waals surface area (Å²) >= 11 is 0. The third kappa shape index (κ3) is 2.65. The molecule has 0 bridgehead atoms. The van der Waals surface area contributed by atoms with Crippen LogP contribution in [0.1, 0.15) is 17.5 Å². The van der Waals surface area contributed by atoms with Crippen molar-refractivity contribution in [3.05, 3.63) is 36.2 Å². The second-order valence-corrected chi connectivity index (χ2v) is 3.70. The van der Waals surface area contributed by atoms with Crippen LogP contribution in [0.3, 0.4) is 0 Å². The maximum absolute atomic E-state index is 13.6. The normalized spacial score (nSPS) is 13.9. The minimum atomic E-state index is -3.02. The van der Waals surface area contributed by atoms with Gasteiger partial charge >= 0.3 is 0 Å². The van der Waals surface area contributed by atoms with Gasteiger partial charge in [-0.2, -0.15) is 0 Å². The number of anilines is 1. The van der Waals surface area contributed by atoms with Gasteiger partial charge in [0, 0.05) is 23.7 Å². The Bertz CT molecular complexity index is 348. The number of para-hydroxylation sites is 1. The Hall–Kier alpha value is -1.16. The van der Waals surface area contributed by atoms with Crippen LogP contribution in [-0.2, 0) is 5.92 Å². The molecule has 4 heteroatoms. The lowest BCUT2D eigenvalue weighted by molar-refractivity contribution is -0.0154. The number of aryl methyl sites for hydroxylation is 1. The SMILES string of the molecule is [CH2][C@H](N)CC(F)(F)c1cccc(C)c1N. The van der Waals surface area contributed by atoms with E-state index >= 15 is 0 Å². The quantitative estimate of drug-likeness (QED) is 0.756. The lowest BCUT2D eigenvalue weighted by Crippen LogP contribution is -2.27. The first-order chi connectivity index (χ1) is 6.84. The molecule has 0 unspecified atom stereocenters. The molecule has 0 aliphatic rings. The minimum Gasteiger partial charge on any atom is -0.398 e. The molecule has 1 aromatic carbocycles. The standard InChI is InChI=1S/C11H15F2N2/c1-7-4-3-5-9(10(7)15)11(12,13)6-8(2)14/h3-5,8H,2,6,14-15H2,1H3/t8-/m0/s1. The molecule has 2 nitrogen and oxygen atoms in total. The molecule has 1 atom stereocenters. The van der Waals surface area contributed by atoms with Crippen molar-refractivity contribution in [2.24, 2.45) is 5.73 Å². The van der Waals surface area contributed by atoms with Crippen molar-refractivity contribution in [1.82, 2.24) is 0 Å². The summed E-state index contributed by atoms with van der Waals surface area (Å²) in [6.07, 6.45) is -0.499. The van der Waals surface area contributed by atoms with E-state index in [2.05, 4.69) is 6.92 Å². The molecule has 0 saturated carbocycles. The first-order valence-electron chi connectivity index (χ1n) is 4.66. The lowest BCUT2D eigenvalue weighted by atomic mass is 9.98. The number of alkyl halides is 2. The zero-order valence-electron chi connectivity index (χ0n) is 8.63. The van der Waals surface area contributed by atoms with Crippen molar-refractivity contribution in [3.63, 3.8) is 0 Å². The minimum absolute atomic E-state index is 0.128. The van der Waals surface area contributed by atoms with Crippen LogP contribution in [-0.4, -0.2) is 6.04 Å². The van der Waals surface area contributed by atoms with Crippen molar-refractivity contribution in [3.8, 4) is 0 Å². The molecule has 0 aliphatic heterocycles. The zero-order chi connectivity index (χ0) is 11.6. The average molecular weight is 213 g/mol. The summed E-state index contributed by atoms with van der Waals surface area (Å²) < 4.78 is 27.3. The maximum Gasteiger partial charge on any atom is 0.276 e. The molecule has 0 spiro atoms. The van der Waals surface area contributed by atoms with Crippen LogP contribution in [0, 0.1) is 13.8 Å². The topological polar surface area (TPSA) is 52.0 Å². The number of nitrogens with two attached hydrogens (primary N) is 2. The molecule has 4 N–H and O–H groups in total. The van der Waals surface area contributed by atoms with Gasteiger partial charge in [-0.15, -0.1) is 0 Å². The van der Waals surface area contributed by atoms with E-state index in [4.69, 9.17) is 11.5 Å². The number of hydrogen-bond donors (Lipinski definition) is 2. The summed E-state index contributed by atoms with van der Waals surface area (Å²) in [5, 5.41) is 0. The second-order valence-electron chi connectivity index (χ2n) is 3.70. The second kappa shape index (κ2) is 4.14. The van der Waals surface area contributed by atoms with Gasteiger partial charge < -0.3 is 11.5 Å². The number of hydrogen-bond acceptors (Lipinski definition) is 2. The third-order valence-corrected chi connectivity index (χ3v) is 2.24. The highest BCUT2D eigenvalue weighted by Crippen LogP contribution is 2.36. The average Bonchev–Trinajstić information content (AvgIpc) is 2.07. The van der Waals surface area contributed by atoms with Gasteiger partial charge in [0.2, 0.25) is 0 Å². The van der Waals surface area contributed by atoms with Gasteiger partial charge in [0.1, 0.15) is 0 Å². The maximum atomic E-state index is 13.6. The summed E-state index contributed by atoms with van der Waals surface area (Å²) in [6.45, 7) is 5.05. The monoisotopic (exact) mass is 213 g/mol. The highest BCUT2D eigenvalue weighted by atomic mass is 19.3. The molecule has 0 aromatic heterocycles. The summed E-state index contributed by atoms with van der Waals surface area (Å²) in [4.78, 5) is 0. The van der Waals surface area contributed by atoms with E-state index in [0.29, 0.717) is 5.56 Å². The molecule has 1 rings (SSSR count). The number of halogens is 2. The van der Waals surface area contributed by atoms with E-state index in [1.165, 1.54) is 6.07 Å². The Morgan fingerprint density at radius 1 is 1.47 bits per heavy atom. The molecule has 1 aromatic rings. The van der Waals surface area contributed by atoms with Gasteiger partial charge in [-0.3, -0.25) is 0 Å². The van der Waals surface area contributed by atoms with E-state index in [-0.39, 0.29) is 11.3 Å². The van der Waals surface area contributed by atoms with Crippen molar-refractivity contribution in [2.75, 3.05) is 5.73 Å². The molecule has 0 heterocycles. The van der Waals surface area contributed by atoms with E-state index in [9.17, 15) is 8.78 Å². The first-order valence-corrected chi connectivity index (χ1v) is 4.66. The number of benzene rings is 1. The van der Waals surface area contributed by atoms with E-state index in [1.54, 1.807) is 19.1 Å². The Kier molecular flexibility index (Phi) is 3.29. The number of nitrogen functional groups attached to an aromatic ring is 1. The van der Waals surface area contributed by atoms with Crippen LogP contribution < -0.4 is 11.5 Å². The van der Waals surface area contributed by atoms with Crippen molar-refractivity contribution < 1.29 is 8.78 Å². The highest BCUT2D eigenvalue weighted by Gasteiger charge is 2.34. The smallest absolute Gasteiger partial charge is 0.276 e. The Morgan fingerprint density at radius 3 is 2.60 bits per heavy atom. The van der Waals surface area contributed by atoms with Gasteiger partial charge in [-0.1, -0.05) is 18.2 Å². The molecule has 15 heavy (non-hydrogen) atoms. The number of rotatable bonds is 3. The van der Waals surface area contributed by atoms with Gasteiger partial charge in [0.05, 0.1) is 0 Å². The van der Waals surface area contributed by atoms with Crippen LogP contribution in [0.5, 0.6) is 0 Å². The Morgan fingerprint density at radius 2 is 2.07 bits per heavy atom. The van der Waals surface area contributed by atoms with Gasteiger partial charge in [-0.25, -0.2) is 8.78 Å². The lowest BCUT2D eigenvalue weighted by Gasteiger charge is -2.21. The van der Waals surface area contributed by atoms with Gasteiger partial charge in [-0.05, 0) is 19.4 Å². The summed E-state index contributed by atoms with van der Waals surface area (Å²) in [6, 6.07) is 3.77. The fourth-order valence-corrected chi connectivity index (χ4v) is 1.44. The predicted molar refractivity (Wildman–Crippen MR) is 57.4 cm³/mol. The molecule has 0 fully saturated rings. The van der Waals surface area contributed by atoms with Crippen molar-refractivity contribution >= 4 is 5.69 Å². The van der Waals surface area contributed by atoms with E-state index < -0.39 is 18.4 Å². The molecule has 0 amide bonds. The van der Waals surface area contributed by atoms with Crippen LogP contribution in [0.2, 0.25) is 0 Å². The zero-order valence-corrected chi connectivity index (χ0v) is 8.63. The summed E-state index contributed by atoms with van der Waals surface area (Å²) in [7, 11) is 0. The van der Waals surface area contributed by atoms with Gasteiger partial charge in [0.25, 0.3) is 5.92 Å². The van der Waals surface area contributed by atoms with Crippen LogP contribution in [0.25, 0.3) is 0 Å². The fraction of sp³-hybridized carbons (Fsp3) is 0.364. The predicted octanol–water partition coefficient (Wildman–Crippen LogP) is 2.22. The molecular weight excluding hydrogens is 198 g/mol. The van der Waals surface area contributed by atoms with E-state index in [1.807, 2.05) is 0 Å². The molecule has 83 valence electrons.